The predicted molar refractivity (Wildman–Crippen MR) is 115 cm³/mol. The Labute approximate surface area is 175 Å². The Morgan fingerprint density at radius 1 is 1.07 bits per heavy atom. The van der Waals surface area contributed by atoms with Crippen LogP contribution in [0, 0.1) is 12.7 Å². The lowest BCUT2D eigenvalue weighted by Gasteiger charge is -2.42. The monoisotopic (exact) mass is 426 g/mol. The van der Waals surface area contributed by atoms with Crippen LogP contribution in [0.2, 0.25) is 0 Å². The lowest BCUT2D eigenvalue weighted by atomic mass is 10.0. The molecule has 1 fully saturated rings. The van der Waals surface area contributed by atoms with E-state index in [9.17, 15) is 12.8 Å². The van der Waals surface area contributed by atoms with Crippen LogP contribution in [0.5, 0.6) is 0 Å². The fraction of sp³-hybridized carbons (Fsp3) is 0.273. The van der Waals surface area contributed by atoms with Crippen molar-refractivity contribution >= 4 is 21.5 Å². The van der Waals surface area contributed by atoms with Crippen molar-refractivity contribution in [2.45, 2.75) is 17.9 Å². The molecule has 0 bridgehead atoms. The molecule has 1 saturated heterocycles. The zero-order valence-corrected chi connectivity index (χ0v) is 17.7. The molecule has 0 N–H and O–H groups in total. The van der Waals surface area contributed by atoms with Crippen LogP contribution in [0.1, 0.15) is 17.3 Å². The molecule has 0 aliphatic carbocycles. The molecule has 2 aromatic carbocycles. The fourth-order valence-corrected chi connectivity index (χ4v) is 4.37. The van der Waals surface area contributed by atoms with Crippen LogP contribution in [0.4, 0.5) is 16.0 Å². The number of piperazine rings is 1. The first-order valence-electron chi connectivity index (χ1n) is 9.68. The van der Waals surface area contributed by atoms with Crippen LogP contribution in [-0.4, -0.2) is 44.3 Å². The molecular weight excluding hydrogens is 403 g/mol. The maximum Gasteiger partial charge on any atom is 0.226 e. The maximum absolute atomic E-state index is 13.5. The van der Waals surface area contributed by atoms with Crippen LogP contribution in [0.15, 0.2) is 65.7 Å². The number of nitrogens with zero attached hydrogens (tertiary/aromatic N) is 4. The SMILES string of the molecule is Cc1ccnc(N2CCN(c3cccc(S(C)(=O)=O)c3)C[C@H]2c2ccc(F)cc2)n1. The fourth-order valence-electron chi connectivity index (χ4n) is 3.71. The number of hydrogen-bond acceptors (Lipinski definition) is 6. The van der Waals surface area contributed by atoms with Gasteiger partial charge in [0.05, 0.1) is 10.9 Å². The number of aryl methyl sites for hydroxylation is 1. The van der Waals surface area contributed by atoms with Crippen molar-refractivity contribution in [3.05, 3.63) is 77.9 Å². The third kappa shape index (κ3) is 4.28. The van der Waals surface area contributed by atoms with Crippen molar-refractivity contribution in [1.29, 1.82) is 0 Å². The van der Waals surface area contributed by atoms with Crippen LogP contribution in [0.25, 0.3) is 0 Å². The van der Waals surface area contributed by atoms with Crippen LogP contribution in [-0.2, 0) is 9.84 Å². The molecule has 1 aliphatic heterocycles. The zero-order valence-electron chi connectivity index (χ0n) is 16.9. The van der Waals surface area contributed by atoms with E-state index in [4.69, 9.17) is 0 Å². The van der Waals surface area contributed by atoms with Crippen molar-refractivity contribution < 1.29 is 12.8 Å². The number of benzene rings is 2. The third-order valence-corrected chi connectivity index (χ3v) is 6.40. The minimum absolute atomic E-state index is 0.108. The van der Waals surface area contributed by atoms with Gasteiger partial charge in [0.1, 0.15) is 5.82 Å². The summed E-state index contributed by atoms with van der Waals surface area (Å²) in [5.41, 5.74) is 2.67. The molecule has 0 spiro atoms. The van der Waals surface area contributed by atoms with Crippen molar-refractivity contribution in [2.24, 2.45) is 0 Å². The van der Waals surface area contributed by atoms with Gasteiger partial charge >= 0.3 is 0 Å². The van der Waals surface area contributed by atoms with Crippen LogP contribution < -0.4 is 9.80 Å². The molecule has 0 saturated carbocycles. The molecule has 1 atom stereocenters. The largest absolute Gasteiger partial charge is 0.367 e. The molecule has 2 heterocycles. The van der Waals surface area contributed by atoms with Crippen LogP contribution in [0.3, 0.4) is 0 Å². The maximum atomic E-state index is 13.5. The Morgan fingerprint density at radius 3 is 2.53 bits per heavy atom. The summed E-state index contributed by atoms with van der Waals surface area (Å²) in [6.07, 6.45) is 2.95. The Hall–Kier alpha value is -3.00. The molecule has 0 radical (unpaired) electrons. The summed E-state index contributed by atoms with van der Waals surface area (Å²) in [6.45, 7) is 3.85. The van der Waals surface area contributed by atoms with Gasteiger partial charge in [0, 0.05) is 43.5 Å². The summed E-state index contributed by atoms with van der Waals surface area (Å²) < 4.78 is 37.5. The molecule has 0 unspecified atom stereocenters. The van der Waals surface area contributed by atoms with Gasteiger partial charge < -0.3 is 9.80 Å². The average Bonchev–Trinajstić information content (AvgIpc) is 2.73. The second-order valence-electron chi connectivity index (χ2n) is 7.47. The van der Waals surface area contributed by atoms with Gasteiger partial charge in [-0.25, -0.2) is 22.8 Å². The van der Waals surface area contributed by atoms with Crippen molar-refractivity contribution in [3.8, 4) is 0 Å². The highest BCUT2D eigenvalue weighted by molar-refractivity contribution is 7.90. The first kappa shape index (κ1) is 20.3. The summed E-state index contributed by atoms with van der Waals surface area (Å²) in [5, 5.41) is 0. The second kappa shape index (κ2) is 8.02. The molecule has 1 aliphatic rings. The lowest BCUT2D eigenvalue weighted by molar-refractivity contribution is 0.527. The lowest BCUT2D eigenvalue weighted by Crippen LogP contribution is -2.49. The third-order valence-electron chi connectivity index (χ3n) is 5.29. The highest BCUT2D eigenvalue weighted by Crippen LogP contribution is 2.32. The first-order chi connectivity index (χ1) is 14.3. The summed E-state index contributed by atoms with van der Waals surface area (Å²) in [4.78, 5) is 13.6. The van der Waals surface area contributed by atoms with Gasteiger partial charge in [-0.1, -0.05) is 18.2 Å². The highest BCUT2D eigenvalue weighted by atomic mass is 32.2. The quantitative estimate of drug-likeness (QED) is 0.637. The molecule has 30 heavy (non-hydrogen) atoms. The van der Waals surface area contributed by atoms with E-state index in [0.717, 1.165) is 16.9 Å². The highest BCUT2D eigenvalue weighted by Gasteiger charge is 2.30. The molecule has 156 valence electrons. The molecule has 6 nitrogen and oxygen atoms in total. The van der Waals surface area contributed by atoms with Gasteiger partial charge in [-0.2, -0.15) is 0 Å². The Balaban J connectivity index is 1.70. The standard InChI is InChI=1S/C22H23FN4O2S/c1-16-10-11-24-22(25-16)27-13-12-26(15-21(27)17-6-8-18(23)9-7-17)19-4-3-5-20(14-19)30(2,28)29/h3-11,14,21H,12-13,15H2,1-2H3/t21-/m0/s1. The normalized spacial score (nSPS) is 17.2. The van der Waals surface area contributed by atoms with Gasteiger partial charge in [0.15, 0.2) is 9.84 Å². The van der Waals surface area contributed by atoms with Gasteiger partial charge in [0.25, 0.3) is 0 Å². The van der Waals surface area contributed by atoms with Crippen molar-refractivity contribution in [2.75, 3.05) is 35.7 Å². The van der Waals surface area contributed by atoms with E-state index < -0.39 is 9.84 Å². The second-order valence-corrected chi connectivity index (χ2v) is 9.49. The predicted octanol–water partition coefficient (Wildman–Crippen LogP) is 3.40. The molecular formula is C22H23FN4O2S. The van der Waals surface area contributed by atoms with Crippen LogP contribution >= 0.6 is 0 Å². The number of sulfone groups is 1. The number of halogens is 1. The van der Waals surface area contributed by atoms with Crippen molar-refractivity contribution in [3.63, 3.8) is 0 Å². The van der Waals surface area contributed by atoms with Gasteiger partial charge in [-0.3, -0.25) is 0 Å². The minimum Gasteiger partial charge on any atom is -0.367 e. The number of hydrogen-bond donors (Lipinski definition) is 0. The molecule has 0 amide bonds. The Bertz CT molecular complexity index is 1150. The Kier molecular flexibility index (Phi) is 5.42. The average molecular weight is 427 g/mol. The number of anilines is 2. The van der Waals surface area contributed by atoms with E-state index >= 15 is 0 Å². The van der Waals surface area contributed by atoms with Gasteiger partial charge in [0.2, 0.25) is 5.95 Å². The van der Waals surface area contributed by atoms with E-state index in [0.29, 0.717) is 30.5 Å². The first-order valence-corrected chi connectivity index (χ1v) is 11.6. The Morgan fingerprint density at radius 2 is 1.83 bits per heavy atom. The van der Waals surface area contributed by atoms with Gasteiger partial charge in [-0.15, -0.1) is 0 Å². The molecule has 8 heteroatoms. The van der Waals surface area contributed by atoms with E-state index in [2.05, 4.69) is 19.8 Å². The minimum atomic E-state index is -3.29. The summed E-state index contributed by atoms with van der Waals surface area (Å²) in [5.74, 6) is 0.347. The molecule has 1 aromatic heterocycles. The van der Waals surface area contributed by atoms with E-state index in [-0.39, 0.29) is 11.9 Å². The van der Waals surface area contributed by atoms with E-state index in [1.807, 2.05) is 19.1 Å². The van der Waals surface area contributed by atoms with Crippen molar-refractivity contribution in [1.82, 2.24) is 9.97 Å². The molecule has 4 rings (SSSR count). The molecule has 3 aromatic rings. The zero-order chi connectivity index (χ0) is 21.3. The summed E-state index contributed by atoms with van der Waals surface area (Å²) in [7, 11) is -3.29. The van der Waals surface area contributed by atoms with Gasteiger partial charge in [-0.05, 0) is 48.9 Å². The summed E-state index contributed by atoms with van der Waals surface area (Å²) in [6, 6.07) is 15.2. The number of aromatic nitrogens is 2. The van der Waals surface area contributed by atoms with E-state index in [1.54, 1.807) is 36.5 Å². The number of rotatable bonds is 4. The van der Waals surface area contributed by atoms with E-state index in [1.165, 1.54) is 18.4 Å². The smallest absolute Gasteiger partial charge is 0.226 e. The topological polar surface area (TPSA) is 66.4 Å². The summed E-state index contributed by atoms with van der Waals surface area (Å²) >= 11 is 0.